The summed E-state index contributed by atoms with van der Waals surface area (Å²) in [6.45, 7) is 3.50. The lowest BCUT2D eigenvalue weighted by Gasteiger charge is -2.14. The monoisotopic (exact) mass is 268 g/mol. The molecular formula is C17H20N2O. The van der Waals surface area contributed by atoms with Crippen LogP contribution in [0.1, 0.15) is 18.4 Å². The molecule has 1 aliphatic rings. The van der Waals surface area contributed by atoms with Crippen LogP contribution in [0.5, 0.6) is 5.75 Å². The zero-order chi connectivity index (χ0) is 14.0. The van der Waals surface area contributed by atoms with Crippen LogP contribution >= 0.6 is 0 Å². The minimum Gasteiger partial charge on any atom is -0.491 e. The highest BCUT2D eigenvalue weighted by Gasteiger charge is 2.42. The van der Waals surface area contributed by atoms with Crippen molar-refractivity contribution in [3.05, 3.63) is 48.3 Å². The van der Waals surface area contributed by atoms with E-state index in [1.165, 1.54) is 24.0 Å². The van der Waals surface area contributed by atoms with Crippen molar-refractivity contribution in [2.45, 2.75) is 19.8 Å². The largest absolute Gasteiger partial charge is 0.491 e. The molecule has 0 saturated heterocycles. The molecule has 0 aliphatic heterocycles. The van der Waals surface area contributed by atoms with Gasteiger partial charge < -0.3 is 10.5 Å². The molecule has 3 nitrogen and oxygen atoms in total. The van der Waals surface area contributed by atoms with E-state index < -0.39 is 0 Å². The Hall–Kier alpha value is -1.87. The summed E-state index contributed by atoms with van der Waals surface area (Å²) in [7, 11) is 0. The van der Waals surface area contributed by atoms with Crippen LogP contribution in [-0.4, -0.2) is 18.1 Å². The van der Waals surface area contributed by atoms with Gasteiger partial charge in [0.2, 0.25) is 0 Å². The zero-order valence-corrected chi connectivity index (χ0v) is 11.8. The molecule has 3 heteroatoms. The van der Waals surface area contributed by atoms with Crippen LogP contribution in [0.2, 0.25) is 0 Å². The molecule has 1 aromatic heterocycles. The van der Waals surface area contributed by atoms with Gasteiger partial charge in [-0.3, -0.25) is 4.98 Å². The summed E-state index contributed by atoms with van der Waals surface area (Å²) in [5.41, 5.74) is 9.50. The molecule has 0 amide bonds. The topological polar surface area (TPSA) is 48.1 Å². The lowest BCUT2D eigenvalue weighted by atomic mass is 10.1. The second kappa shape index (κ2) is 5.25. The Bertz CT molecular complexity index is 605. The van der Waals surface area contributed by atoms with Gasteiger partial charge in [0.1, 0.15) is 5.75 Å². The number of aromatic nitrogens is 1. The Morgan fingerprint density at radius 1 is 1.20 bits per heavy atom. The summed E-state index contributed by atoms with van der Waals surface area (Å²) in [4.78, 5) is 4.28. The van der Waals surface area contributed by atoms with E-state index in [9.17, 15) is 0 Å². The van der Waals surface area contributed by atoms with Crippen molar-refractivity contribution in [2.24, 2.45) is 11.1 Å². The SMILES string of the molecule is Cc1cccc(-c2cncc(OCC3(CN)CC3)c2)c1. The normalized spacial score (nSPS) is 15.9. The van der Waals surface area contributed by atoms with Gasteiger partial charge in [-0.25, -0.2) is 0 Å². The fraction of sp³-hybridized carbons (Fsp3) is 0.353. The van der Waals surface area contributed by atoms with E-state index >= 15 is 0 Å². The number of ether oxygens (including phenoxy) is 1. The minimum absolute atomic E-state index is 0.222. The van der Waals surface area contributed by atoms with Gasteiger partial charge in [0.15, 0.2) is 0 Å². The van der Waals surface area contributed by atoms with E-state index in [-0.39, 0.29) is 5.41 Å². The number of rotatable bonds is 5. The maximum absolute atomic E-state index is 5.87. The molecule has 0 unspecified atom stereocenters. The summed E-state index contributed by atoms with van der Waals surface area (Å²) >= 11 is 0. The van der Waals surface area contributed by atoms with Crippen molar-refractivity contribution in [1.29, 1.82) is 0 Å². The van der Waals surface area contributed by atoms with Crippen molar-refractivity contribution in [2.75, 3.05) is 13.2 Å². The van der Waals surface area contributed by atoms with Gasteiger partial charge in [-0.2, -0.15) is 0 Å². The van der Waals surface area contributed by atoms with E-state index in [0.717, 1.165) is 11.3 Å². The first-order valence-electron chi connectivity index (χ1n) is 7.06. The molecule has 0 spiro atoms. The smallest absolute Gasteiger partial charge is 0.138 e. The molecule has 1 saturated carbocycles. The van der Waals surface area contributed by atoms with Crippen molar-refractivity contribution < 1.29 is 4.74 Å². The summed E-state index contributed by atoms with van der Waals surface area (Å²) in [5.74, 6) is 0.823. The Labute approximate surface area is 119 Å². The number of nitrogens with zero attached hydrogens (tertiary/aromatic N) is 1. The summed E-state index contributed by atoms with van der Waals surface area (Å²) in [5, 5.41) is 0. The fourth-order valence-electron chi connectivity index (χ4n) is 2.30. The molecule has 0 radical (unpaired) electrons. The summed E-state index contributed by atoms with van der Waals surface area (Å²) in [6.07, 6.45) is 5.99. The maximum atomic E-state index is 5.87. The highest BCUT2D eigenvalue weighted by molar-refractivity contribution is 5.64. The number of hydrogen-bond donors (Lipinski definition) is 1. The van der Waals surface area contributed by atoms with Crippen LogP contribution in [0, 0.1) is 12.3 Å². The summed E-state index contributed by atoms with van der Waals surface area (Å²) in [6, 6.07) is 10.5. The molecule has 1 heterocycles. The third kappa shape index (κ3) is 2.83. The molecule has 0 atom stereocenters. The van der Waals surface area contributed by atoms with E-state index in [0.29, 0.717) is 13.2 Å². The first-order chi connectivity index (χ1) is 9.71. The molecular weight excluding hydrogens is 248 g/mol. The van der Waals surface area contributed by atoms with E-state index in [1.54, 1.807) is 6.20 Å². The van der Waals surface area contributed by atoms with Crippen molar-refractivity contribution in [3.63, 3.8) is 0 Å². The van der Waals surface area contributed by atoms with Crippen LogP contribution in [0.15, 0.2) is 42.7 Å². The molecule has 104 valence electrons. The standard InChI is InChI=1S/C17H20N2O/c1-13-3-2-4-14(7-13)15-8-16(10-19-9-15)20-12-17(11-18)5-6-17/h2-4,7-10H,5-6,11-12,18H2,1H3. The minimum atomic E-state index is 0.222. The molecule has 1 aromatic carbocycles. The third-order valence-electron chi connectivity index (χ3n) is 4.00. The van der Waals surface area contributed by atoms with Crippen LogP contribution in [0.4, 0.5) is 0 Å². The average Bonchev–Trinajstić information content (AvgIpc) is 3.26. The van der Waals surface area contributed by atoms with Gasteiger partial charge in [0, 0.05) is 23.7 Å². The Morgan fingerprint density at radius 2 is 2.05 bits per heavy atom. The van der Waals surface area contributed by atoms with Crippen molar-refractivity contribution >= 4 is 0 Å². The van der Waals surface area contributed by atoms with Crippen molar-refractivity contribution in [3.8, 4) is 16.9 Å². The van der Waals surface area contributed by atoms with E-state index in [1.807, 2.05) is 12.3 Å². The number of benzene rings is 1. The predicted octanol–water partition coefficient (Wildman–Crippen LogP) is 3.17. The number of aryl methyl sites for hydroxylation is 1. The first kappa shape index (κ1) is 13.1. The Kier molecular flexibility index (Phi) is 3.45. The quantitative estimate of drug-likeness (QED) is 0.906. The molecule has 2 aromatic rings. The molecule has 2 N–H and O–H groups in total. The molecule has 1 aliphatic carbocycles. The predicted molar refractivity (Wildman–Crippen MR) is 80.6 cm³/mol. The van der Waals surface area contributed by atoms with E-state index in [2.05, 4.69) is 36.2 Å². The fourth-order valence-corrected chi connectivity index (χ4v) is 2.30. The molecule has 20 heavy (non-hydrogen) atoms. The van der Waals surface area contributed by atoms with Crippen LogP contribution in [0.25, 0.3) is 11.1 Å². The van der Waals surface area contributed by atoms with Crippen LogP contribution in [-0.2, 0) is 0 Å². The van der Waals surface area contributed by atoms with Gasteiger partial charge >= 0.3 is 0 Å². The van der Waals surface area contributed by atoms with Crippen LogP contribution in [0.3, 0.4) is 0 Å². The summed E-state index contributed by atoms with van der Waals surface area (Å²) < 4.78 is 5.87. The Morgan fingerprint density at radius 3 is 2.75 bits per heavy atom. The highest BCUT2D eigenvalue weighted by Crippen LogP contribution is 2.44. The maximum Gasteiger partial charge on any atom is 0.138 e. The third-order valence-corrected chi connectivity index (χ3v) is 4.00. The molecule has 0 bridgehead atoms. The van der Waals surface area contributed by atoms with Gasteiger partial charge in [0.05, 0.1) is 12.8 Å². The molecule has 1 fully saturated rings. The zero-order valence-electron chi connectivity index (χ0n) is 11.8. The van der Waals surface area contributed by atoms with Crippen LogP contribution < -0.4 is 10.5 Å². The van der Waals surface area contributed by atoms with Gasteiger partial charge in [-0.1, -0.05) is 29.8 Å². The Balaban J connectivity index is 1.76. The lowest BCUT2D eigenvalue weighted by molar-refractivity contribution is 0.238. The van der Waals surface area contributed by atoms with Gasteiger partial charge in [-0.15, -0.1) is 0 Å². The molecule has 3 rings (SSSR count). The first-order valence-corrected chi connectivity index (χ1v) is 7.06. The second-order valence-corrected chi connectivity index (χ2v) is 5.77. The van der Waals surface area contributed by atoms with Crippen molar-refractivity contribution in [1.82, 2.24) is 4.98 Å². The van der Waals surface area contributed by atoms with Gasteiger partial charge in [-0.05, 0) is 31.4 Å². The number of hydrogen-bond acceptors (Lipinski definition) is 3. The highest BCUT2D eigenvalue weighted by atomic mass is 16.5. The van der Waals surface area contributed by atoms with E-state index in [4.69, 9.17) is 10.5 Å². The number of nitrogens with two attached hydrogens (primary N) is 1. The second-order valence-electron chi connectivity index (χ2n) is 5.77. The van der Waals surface area contributed by atoms with Gasteiger partial charge in [0.25, 0.3) is 0 Å². The number of pyridine rings is 1. The lowest BCUT2D eigenvalue weighted by Crippen LogP contribution is -2.22. The average molecular weight is 268 g/mol.